The van der Waals surface area contributed by atoms with Gasteiger partial charge in [0.2, 0.25) is 0 Å². The molecule has 3 heterocycles. The van der Waals surface area contributed by atoms with E-state index in [0.29, 0.717) is 0 Å². The summed E-state index contributed by atoms with van der Waals surface area (Å²) >= 11 is 0. The van der Waals surface area contributed by atoms with Crippen molar-refractivity contribution >= 4 is 50.8 Å². The van der Waals surface area contributed by atoms with E-state index in [-0.39, 0.29) is 18.1 Å². The van der Waals surface area contributed by atoms with Crippen LogP contribution in [0.4, 0.5) is 11.4 Å². The summed E-state index contributed by atoms with van der Waals surface area (Å²) in [5, 5.41) is 7.19. The van der Waals surface area contributed by atoms with Crippen molar-refractivity contribution in [3.8, 4) is 16.8 Å². The van der Waals surface area contributed by atoms with E-state index in [1.54, 1.807) is 0 Å². The first kappa shape index (κ1) is 34.3. The smallest absolute Gasteiger partial charge is 0.169 e. The van der Waals surface area contributed by atoms with Crippen molar-refractivity contribution in [3.05, 3.63) is 240 Å². The molecule has 0 spiro atoms. The molecule has 0 bridgehead atoms. The van der Waals surface area contributed by atoms with Gasteiger partial charge >= 0.3 is 0 Å². The Morgan fingerprint density at radius 2 is 1.20 bits per heavy atom. The molecule has 1 N–H and O–H groups in total. The van der Waals surface area contributed by atoms with Gasteiger partial charge in [0.15, 0.2) is 6.17 Å². The number of nitrogens with zero attached hydrogens (tertiary/aromatic N) is 4. The van der Waals surface area contributed by atoms with Crippen LogP contribution in [0.1, 0.15) is 45.6 Å². The molecule has 9 aromatic rings. The summed E-state index contributed by atoms with van der Waals surface area (Å²) in [6.07, 6.45) is 4.44. The molecule has 0 amide bonds. The molecule has 0 saturated heterocycles. The van der Waals surface area contributed by atoms with Gasteiger partial charge in [-0.05, 0) is 81.1 Å². The van der Waals surface area contributed by atoms with Crippen LogP contribution < -0.4 is 10.2 Å². The number of aromatic nitrogens is 1. The van der Waals surface area contributed by atoms with E-state index < -0.39 is 0 Å². The Balaban J connectivity index is 0.967. The van der Waals surface area contributed by atoms with Crippen LogP contribution in [0.25, 0.3) is 44.6 Å². The zero-order chi connectivity index (χ0) is 39.6. The summed E-state index contributed by atoms with van der Waals surface area (Å²) in [6.45, 7) is 0. The number of aliphatic imine (C=N–C) groups is 2. The molecule has 1 aliphatic carbocycles. The Bertz CT molecular complexity index is 3200. The van der Waals surface area contributed by atoms with Gasteiger partial charge in [-0.2, -0.15) is 0 Å². The maximum Gasteiger partial charge on any atom is 0.169 e. The normalized spacial score (nSPS) is 17.7. The van der Waals surface area contributed by atoms with Crippen molar-refractivity contribution in [1.29, 1.82) is 0 Å². The van der Waals surface area contributed by atoms with Crippen molar-refractivity contribution in [2.45, 2.75) is 18.1 Å². The Morgan fingerprint density at radius 1 is 0.500 bits per heavy atom. The molecule has 0 saturated carbocycles. The molecule has 0 fully saturated rings. The average Bonchev–Trinajstić information content (AvgIpc) is 3.85. The Kier molecular flexibility index (Phi) is 7.98. The second-order valence-corrected chi connectivity index (χ2v) is 15.8. The van der Waals surface area contributed by atoms with Gasteiger partial charge in [0, 0.05) is 39.5 Å². The Hall–Kier alpha value is -7.76. The molecule has 2 aliphatic heterocycles. The number of hydrogen-bond donors (Lipinski definition) is 1. The van der Waals surface area contributed by atoms with Crippen LogP contribution in [-0.2, 0) is 0 Å². The molecule has 8 aromatic carbocycles. The number of fused-ring (bicyclic) bond motifs is 8. The molecule has 12 rings (SSSR count). The molecule has 1 aromatic heterocycles. The fourth-order valence-electron chi connectivity index (χ4n) is 9.73. The molecule has 60 heavy (non-hydrogen) atoms. The highest BCUT2D eigenvalue weighted by molar-refractivity contribution is 6.20. The van der Waals surface area contributed by atoms with E-state index in [9.17, 15) is 0 Å². The van der Waals surface area contributed by atoms with Crippen LogP contribution in [0.5, 0.6) is 0 Å². The fourth-order valence-corrected chi connectivity index (χ4v) is 9.73. The van der Waals surface area contributed by atoms with Crippen molar-refractivity contribution in [2.24, 2.45) is 9.98 Å². The Morgan fingerprint density at radius 3 is 2.05 bits per heavy atom. The van der Waals surface area contributed by atoms with Crippen LogP contribution in [0.15, 0.2) is 216 Å². The van der Waals surface area contributed by atoms with E-state index in [4.69, 9.17) is 9.98 Å². The summed E-state index contributed by atoms with van der Waals surface area (Å²) in [7, 11) is 0. The minimum Gasteiger partial charge on any atom is -0.333 e. The van der Waals surface area contributed by atoms with Gasteiger partial charge in [0.25, 0.3) is 0 Å². The maximum absolute atomic E-state index is 5.22. The lowest BCUT2D eigenvalue weighted by Gasteiger charge is -2.31. The third kappa shape index (κ3) is 5.54. The predicted octanol–water partition coefficient (Wildman–Crippen LogP) is 12.6. The Labute approximate surface area is 349 Å². The van der Waals surface area contributed by atoms with Gasteiger partial charge in [-0.1, -0.05) is 170 Å². The first-order valence-electron chi connectivity index (χ1n) is 20.7. The summed E-state index contributed by atoms with van der Waals surface area (Å²) in [5.41, 5.74) is 14.3. The lowest BCUT2D eigenvalue weighted by molar-refractivity contribution is 0.725. The number of amidine groups is 2. The molecule has 0 radical (unpaired) electrons. The minimum absolute atomic E-state index is 0.132. The first-order chi connectivity index (χ1) is 29.8. The van der Waals surface area contributed by atoms with E-state index in [1.165, 1.54) is 50.2 Å². The summed E-state index contributed by atoms with van der Waals surface area (Å²) in [5.74, 6) is 1.79. The maximum atomic E-state index is 5.22. The molecule has 3 atom stereocenters. The number of hydrogen-bond acceptors (Lipinski definition) is 4. The number of para-hydroxylation sites is 2. The largest absolute Gasteiger partial charge is 0.333 e. The van der Waals surface area contributed by atoms with Crippen LogP contribution >= 0.6 is 0 Å². The molecule has 3 aliphatic rings. The molecule has 3 unspecified atom stereocenters. The van der Waals surface area contributed by atoms with Crippen LogP contribution in [0, 0.1) is 0 Å². The van der Waals surface area contributed by atoms with Gasteiger partial charge in [0.05, 0.1) is 17.3 Å². The zero-order valence-corrected chi connectivity index (χ0v) is 32.7. The summed E-state index contributed by atoms with van der Waals surface area (Å²) < 4.78 is 2.47. The second-order valence-electron chi connectivity index (χ2n) is 15.8. The topological polar surface area (TPSA) is 44.9 Å². The van der Waals surface area contributed by atoms with Gasteiger partial charge in [-0.3, -0.25) is 0 Å². The standard InChI is InChI=1S/C55H39N5/c1-4-16-36(17-5-1)39-22-14-24-41(34-39)59-47-28-12-10-25-45(47)51-49(59)32-33-50-52(51)46-26-11-13-29-48(46)60(50)42-30-31-43-40(35-42)23-15-27-44(43)55-57-53(37-18-6-2-7-19-37)56-54(58-55)38-20-8-3-9-21-38/h1-35,49,51,53H,(H,56,57,58). The van der Waals surface area contributed by atoms with Gasteiger partial charge in [-0.25, -0.2) is 9.98 Å². The lowest BCUT2D eigenvalue weighted by Crippen LogP contribution is -2.36. The van der Waals surface area contributed by atoms with Crippen LogP contribution in [-0.4, -0.2) is 22.3 Å². The lowest BCUT2D eigenvalue weighted by atomic mass is 9.82. The van der Waals surface area contributed by atoms with Gasteiger partial charge in [-0.15, -0.1) is 0 Å². The minimum atomic E-state index is -0.356. The predicted molar refractivity (Wildman–Crippen MR) is 248 cm³/mol. The molecular weight excluding hydrogens is 731 g/mol. The third-order valence-electron chi connectivity index (χ3n) is 12.4. The fraction of sp³-hybridized carbons (Fsp3) is 0.0545. The highest BCUT2D eigenvalue weighted by Crippen LogP contribution is 2.54. The van der Waals surface area contributed by atoms with E-state index in [1.807, 2.05) is 24.3 Å². The summed E-state index contributed by atoms with van der Waals surface area (Å²) in [6, 6.07) is 71.8. The van der Waals surface area contributed by atoms with Gasteiger partial charge in [0.1, 0.15) is 11.7 Å². The second kappa shape index (κ2) is 14.0. The highest BCUT2D eigenvalue weighted by Gasteiger charge is 2.43. The van der Waals surface area contributed by atoms with Gasteiger partial charge < -0.3 is 14.8 Å². The summed E-state index contributed by atoms with van der Waals surface area (Å²) in [4.78, 5) is 12.8. The monoisotopic (exact) mass is 769 g/mol. The highest BCUT2D eigenvalue weighted by atomic mass is 15.2. The van der Waals surface area contributed by atoms with Crippen LogP contribution in [0.2, 0.25) is 0 Å². The van der Waals surface area contributed by atoms with Crippen molar-refractivity contribution in [3.63, 3.8) is 0 Å². The average molecular weight is 770 g/mol. The molecule has 284 valence electrons. The number of benzene rings is 8. The van der Waals surface area contributed by atoms with Crippen LogP contribution in [0.3, 0.4) is 0 Å². The quantitative estimate of drug-likeness (QED) is 0.183. The number of nitrogens with one attached hydrogen (secondary N) is 1. The van der Waals surface area contributed by atoms with Crippen molar-refractivity contribution in [1.82, 2.24) is 9.88 Å². The third-order valence-corrected chi connectivity index (χ3v) is 12.4. The van der Waals surface area contributed by atoms with Crippen molar-refractivity contribution in [2.75, 3.05) is 4.90 Å². The first-order valence-corrected chi connectivity index (χ1v) is 20.7. The number of rotatable bonds is 6. The van der Waals surface area contributed by atoms with E-state index in [2.05, 4.69) is 203 Å². The van der Waals surface area contributed by atoms with E-state index >= 15 is 0 Å². The SMILES string of the molecule is C1=CC2C(c3ccccc3N2c2cccc(-c3ccccc3)c2)c2c1n(-c1ccc3c(C4=NC(c5ccccc5)N=C(c5ccccc5)N4)cccc3c1)c1ccccc21. The van der Waals surface area contributed by atoms with Crippen molar-refractivity contribution < 1.29 is 0 Å². The van der Waals surface area contributed by atoms with E-state index in [0.717, 1.165) is 44.8 Å². The number of anilines is 2. The molecule has 5 heteroatoms. The molecule has 5 nitrogen and oxygen atoms in total. The zero-order valence-electron chi connectivity index (χ0n) is 32.7. The molecular formula is C55H39N5.